The number of benzene rings is 2. The van der Waals surface area contributed by atoms with Gasteiger partial charge in [0.25, 0.3) is 5.91 Å². The molecule has 2 aromatic carbocycles. The van der Waals surface area contributed by atoms with Crippen LogP contribution in [0, 0.1) is 6.92 Å². The summed E-state index contributed by atoms with van der Waals surface area (Å²) in [6.45, 7) is 4.63. The Kier molecular flexibility index (Phi) is 5.81. The van der Waals surface area contributed by atoms with Gasteiger partial charge in [0.15, 0.2) is 0 Å². The zero-order valence-corrected chi connectivity index (χ0v) is 16.8. The average Bonchev–Trinajstić information content (AvgIpc) is 3.42. The van der Waals surface area contributed by atoms with E-state index in [1.807, 2.05) is 19.1 Å². The van der Waals surface area contributed by atoms with Crippen LogP contribution in [0.15, 0.2) is 48.5 Å². The van der Waals surface area contributed by atoms with Gasteiger partial charge >= 0.3 is 6.03 Å². The SMILES string of the molecule is Cc1ccc(C(=O)NC2CC2)cc1NC(=O)N[C@@H]1CCN(Cc2ccccc2)C1. The molecule has 152 valence electrons. The van der Waals surface area contributed by atoms with Gasteiger partial charge < -0.3 is 16.0 Å². The molecule has 0 bridgehead atoms. The smallest absolute Gasteiger partial charge is 0.319 e. The van der Waals surface area contributed by atoms with Crippen molar-refractivity contribution in [2.75, 3.05) is 18.4 Å². The Morgan fingerprint density at radius 1 is 1.00 bits per heavy atom. The van der Waals surface area contributed by atoms with Gasteiger partial charge in [0, 0.05) is 43.0 Å². The number of hydrogen-bond donors (Lipinski definition) is 3. The quantitative estimate of drug-likeness (QED) is 0.706. The molecular formula is C23H28N4O2. The van der Waals surface area contributed by atoms with Crippen molar-refractivity contribution < 1.29 is 9.59 Å². The first-order valence-electron chi connectivity index (χ1n) is 10.3. The Labute approximate surface area is 171 Å². The minimum Gasteiger partial charge on any atom is -0.349 e. The van der Waals surface area contributed by atoms with Gasteiger partial charge in [-0.2, -0.15) is 0 Å². The summed E-state index contributed by atoms with van der Waals surface area (Å²) in [5.74, 6) is -0.0803. The third-order valence-corrected chi connectivity index (χ3v) is 5.52. The zero-order valence-electron chi connectivity index (χ0n) is 16.8. The van der Waals surface area contributed by atoms with Gasteiger partial charge in [-0.15, -0.1) is 0 Å². The van der Waals surface area contributed by atoms with Crippen molar-refractivity contribution in [2.45, 2.75) is 44.8 Å². The first-order chi connectivity index (χ1) is 14.1. The second-order valence-corrected chi connectivity index (χ2v) is 8.08. The van der Waals surface area contributed by atoms with E-state index in [-0.39, 0.29) is 18.0 Å². The van der Waals surface area contributed by atoms with Gasteiger partial charge in [0.05, 0.1) is 0 Å². The lowest BCUT2D eigenvalue weighted by atomic mass is 10.1. The van der Waals surface area contributed by atoms with Crippen molar-refractivity contribution in [2.24, 2.45) is 0 Å². The molecule has 3 N–H and O–H groups in total. The number of urea groups is 1. The Bertz CT molecular complexity index is 880. The molecule has 0 aromatic heterocycles. The van der Waals surface area contributed by atoms with Crippen LogP contribution in [-0.4, -0.2) is 42.0 Å². The number of carbonyl (C=O) groups is 2. The summed E-state index contributed by atoms with van der Waals surface area (Å²) in [6, 6.07) is 16.0. The highest BCUT2D eigenvalue weighted by atomic mass is 16.2. The van der Waals surface area contributed by atoms with Crippen LogP contribution in [0.3, 0.4) is 0 Å². The molecule has 0 radical (unpaired) electrons. The van der Waals surface area contributed by atoms with E-state index < -0.39 is 0 Å². The number of carbonyl (C=O) groups excluding carboxylic acids is 2. The van der Waals surface area contributed by atoms with Crippen molar-refractivity contribution in [3.63, 3.8) is 0 Å². The number of amides is 3. The molecule has 3 amide bonds. The van der Waals surface area contributed by atoms with E-state index in [0.29, 0.717) is 17.3 Å². The summed E-state index contributed by atoms with van der Waals surface area (Å²) >= 11 is 0. The van der Waals surface area contributed by atoms with Crippen LogP contribution in [0.1, 0.15) is 40.7 Å². The van der Waals surface area contributed by atoms with Gasteiger partial charge in [-0.25, -0.2) is 4.79 Å². The number of aryl methyl sites for hydroxylation is 1. The van der Waals surface area contributed by atoms with Crippen molar-refractivity contribution in [1.29, 1.82) is 0 Å². The van der Waals surface area contributed by atoms with E-state index >= 15 is 0 Å². The van der Waals surface area contributed by atoms with Crippen LogP contribution in [-0.2, 0) is 6.54 Å². The van der Waals surface area contributed by atoms with Crippen LogP contribution in [0.4, 0.5) is 10.5 Å². The van der Waals surface area contributed by atoms with E-state index in [4.69, 9.17) is 0 Å². The lowest BCUT2D eigenvalue weighted by Crippen LogP contribution is -2.39. The number of hydrogen-bond acceptors (Lipinski definition) is 3. The predicted octanol–water partition coefficient (Wildman–Crippen LogP) is 3.28. The van der Waals surface area contributed by atoms with Gasteiger partial charge in [-0.3, -0.25) is 9.69 Å². The normalized spacial score (nSPS) is 19.0. The molecule has 0 unspecified atom stereocenters. The highest BCUT2D eigenvalue weighted by Crippen LogP contribution is 2.21. The Balaban J connectivity index is 1.30. The van der Waals surface area contributed by atoms with E-state index in [0.717, 1.165) is 44.5 Å². The van der Waals surface area contributed by atoms with E-state index in [1.165, 1.54) is 5.56 Å². The van der Waals surface area contributed by atoms with Crippen LogP contribution in [0.2, 0.25) is 0 Å². The lowest BCUT2D eigenvalue weighted by molar-refractivity contribution is 0.0951. The van der Waals surface area contributed by atoms with Gasteiger partial charge in [-0.05, 0) is 49.4 Å². The second-order valence-electron chi connectivity index (χ2n) is 8.08. The first-order valence-corrected chi connectivity index (χ1v) is 10.3. The molecule has 6 heteroatoms. The molecule has 1 atom stereocenters. The van der Waals surface area contributed by atoms with Crippen LogP contribution >= 0.6 is 0 Å². The van der Waals surface area contributed by atoms with Gasteiger partial charge in [0.2, 0.25) is 0 Å². The molecule has 0 spiro atoms. The third-order valence-electron chi connectivity index (χ3n) is 5.52. The largest absolute Gasteiger partial charge is 0.349 e. The fourth-order valence-corrected chi connectivity index (χ4v) is 3.67. The van der Waals surface area contributed by atoms with E-state index in [9.17, 15) is 9.59 Å². The highest BCUT2D eigenvalue weighted by Gasteiger charge is 2.25. The summed E-state index contributed by atoms with van der Waals surface area (Å²) in [4.78, 5) is 27.1. The molecule has 4 rings (SSSR count). The average molecular weight is 393 g/mol. The fourth-order valence-electron chi connectivity index (χ4n) is 3.67. The maximum absolute atomic E-state index is 12.5. The summed E-state index contributed by atoms with van der Waals surface area (Å²) in [6.07, 6.45) is 3.03. The molecule has 2 fully saturated rings. The highest BCUT2D eigenvalue weighted by molar-refractivity contribution is 5.97. The summed E-state index contributed by atoms with van der Waals surface area (Å²) in [7, 11) is 0. The maximum atomic E-state index is 12.5. The summed E-state index contributed by atoms with van der Waals surface area (Å²) in [5, 5.41) is 8.97. The van der Waals surface area contributed by atoms with Crippen molar-refractivity contribution in [1.82, 2.24) is 15.5 Å². The number of nitrogens with zero attached hydrogens (tertiary/aromatic N) is 1. The van der Waals surface area contributed by atoms with Crippen molar-refractivity contribution in [3.8, 4) is 0 Å². The topological polar surface area (TPSA) is 73.5 Å². The van der Waals surface area contributed by atoms with Crippen LogP contribution in [0.5, 0.6) is 0 Å². The Hall–Kier alpha value is -2.86. The summed E-state index contributed by atoms with van der Waals surface area (Å²) < 4.78 is 0. The van der Waals surface area contributed by atoms with Crippen LogP contribution < -0.4 is 16.0 Å². The second kappa shape index (κ2) is 8.66. The third kappa shape index (κ3) is 5.35. The first kappa shape index (κ1) is 19.5. The molecule has 2 aliphatic rings. The lowest BCUT2D eigenvalue weighted by Gasteiger charge is -2.17. The molecule has 1 aliphatic carbocycles. The Morgan fingerprint density at radius 3 is 2.55 bits per heavy atom. The predicted molar refractivity (Wildman–Crippen MR) is 114 cm³/mol. The number of nitrogens with one attached hydrogen (secondary N) is 3. The minimum atomic E-state index is -0.223. The molecule has 29 heavy (non-hydrogen) atoms. The molecule has 1 saturated carbocycles. The standard InChI is InChI=1S/C23H28N4O2/c1-16-7-8-18(22(28)24-19-9-10-19)13-21(16)26-23(29)25-20-11-12-27(15-20)14-17-5-3-2-4-6-17/h2-8,13,19-20H,9-12,14-15H2,1H3,(H,24,28)(H2,25,26,29)/t20-/m1/s1. The van der Waals surface area contributed by atoms with Gasteiger partial charge in [-0.1, -0.05) is 36.4 Å². The molecule has 6 nitrogen and oxygen atoms in total. The number of anilines is 1. The minimum absolute atomic E-state index is 0.0803. The summed E-state index contributed by atoms with van der Waals surface area (Å²) in [5.41, 5.74) is 3.47. The zero-order chi connectivity index (χ0) is 20.2. The molecule has 1 aliphatic heterocycles. The molecule has 2 aromatic rings. The van der Waals surface area contributed by atoms with Crippen molar-refractivity contribution >= 4 is 17.6 Å². The fraction of sp³-hybridized carbons (Fsp3) is 0.391. The van der Waals surface area contributed by atoms with Crippen molar-refractivity contribution in [3.05, 3.63) is 65.2 Å². The molecule has 1 saturated heterocycles. The number of rotatable bonds is 6. The van der Waals surface area contributed by atoms with Crippen LogP contribution in [0.25, 0.3) is 0 Å². The van der Waals surface area contributed by atoms with E-state index in [1.54, 1.807) is 12.1 Å². The maximum Gasteiger partial charge on any atom is 0.319 e. The molecule has 1 heterocycles. The molecular weight excluding hydrogens is 364 g/mol. The van der Waals surface area contributed by atoms with Gasteiger partial charge in [0.1, 0.15) is 0 Å². The Morgan fingerprint density at radius 2 is 1.79 bits per heavy atom. The number of likely N-dealkylation sites (tertiary alicyclic amines) is 1. The van der Waals surface area contributed by atoms with E-state index in [2.05, 4.69) is 45.1 Å². The monoisotopic (exact) mass is 392 g/mol.